The molecule has 0 aliphatic heterocycles. The molecule has 2 aromatic carbocycles. The fourth-order valence-corrected chi connectivity index (χ4v) is 3.11. The molecule has 1 heterocycles. The molecular weight excluding hydrogens is 342 g/mol. The normalized spacial score (nSPS) is 10.7. The lowest BCUT2D eigenvalue weighted by Gasteiger charge is -2.21. The van der Waals surface area contributed by atoms with Gasteiger partial charge in [0.05, 0.1) is 0 Å². The van der Waals surface area contributed by atoms with Crippen molar-refractivity contribution >= 4 is 22.6 Å². The quantitative estimate of drug-likeness (QED) is 0.590. The van der Waals surface area contributed by atoms with Gasteiger partial charge in [0, 0.05) is 29.8 Å². The molecule has 0 saturated heterocycles. The van der Waals surface area contributed by atoms with Crippen molar-refractivity contribution in [2.75, 3.05) is 18.1 Å². The van der Waals surface area contributed by atoms with Crippen molar-refractivity contribution in [3.63, 3.8) is 0 Å². The third-order valence-corrected chi connectivity index (χ3v) is 4.37. The molecule has 140 valence electrons. The zero-order valence-corrected chi connectivity index (χ0v) is 15.6. The van der Waals surface area contributed by atoms with E-state index in [0.29, 0.717) is 17.9 Å². The minimum absolute atomic E-state index is 0.0902. The predicted octanol–water partition coefficient (Wildman–Crippen LogP) is 4.18. The van der Waals surface area contributed by atoms with Crippen LogP contribution in [0.25, 0.3) is 11.0 Å². The summed E-state index contributed by atoms with van der Waals surface area (Å²) < 4.78 is 11.0. The van der Waals surface area contributed by atoms with Crippen LogP contribution in [0.5, 0.6) is 5.75 Å². The number of ether oxygens (including phenoxy) is 1. The number of amides is 1. The number of carbonyl (C=O) groups is 1. The standard InChI is InChI=1S/C22H23NO4/c1-3-8-16-13-22(25)27-20-14-18(11-12-19(16)20)26-15-21(24)23(4-2)17-9-6-5-7-10-17/h5-7,9-14H,3-4,8,15H2,1-2H3. The highest BCUT2D eigenvalue weighted by atomic mass is 16.5. The third kappa shape index (κ3) is 4.37. The highest BCUT2D eigenvalue weighted by molar-refractivity contribution is 5.94. The Balaban J connectivity index is 1.76. The number of anilines is 1. The summed E-state index contributed by atoms with van der Waals surface area (Å²) in [5.74, 6) is 0.363. The summed E-state index contributed by atoms with van der Waals surface area (Å²) in [6, 6.07) is 16.4. The smallest absolute Gasteiger partial charge is 0.336 e. The monoisotopic (exact) mass is 365 g/mol. The lowest BCUT2D eigenvalue weighted by Crippen LogP contribution is -2.34. The Hall–Kier alpha value is -3.08. The number of hydrogen-bond donors (Lipinski definition) is 0. The maximum Gasteiger partial charge on any atom is 0.336 e. The van der Waals surface area contributed by atoms with Gasteiger partial charge in [-0.1, -0.05) is 31.5 Å². The van der Waals surface area contributed by atoms with Crippen molar-refractivity contribution in [3.8, 4) is 5.75 Å². The van der Waals surface area contributed by atoms with Gasteiger partial charge >= 0.3 is 5.63 Å². The van der Waals surface area contributed by atoms with E-state index in [1.807, 2.05) is 43.3 Å². The number of carbonyl (C=O) groups excluding carboxylic acids is 1. The first-order valence-corrected chi connectivity index (χ1v) is 9.17. The Morgan fingerprint density at radius 3 is 2.56 bits per heavy atom. The topological polar surface area (TPSA) is 59.8 Å². The van der Waals surface area contributed by atoms with Gasteiger partial charge in [0.2, 0.25) is 0 Å². The van der Waals surface area contributed by atoms with Crippen molar-refractivity contribution in [1.29, 1.82) is 0 Å². The molecule has 5 heteroatoms. The molecular formula is C22H23NO4. The van der Waals surface area contributed by atoms with E-state index >= 15 is 0 Å². The molecule has 0 aliphatic carbocycles. The number of nitrogens with zero attached hydrogens (tertiary/aromatic N) is 1. The number of fused-ring (bicyclic) bond motifs is 1. The second kappa shape index (κ2) is 8.54. The molecule has 3 rings (SSSR count). The van der Waals surface area contributed by atoms with E-state index in [0.717, 1.165) is 29.5 Å². The Kier molecular flexibility index (Phi) is 5.91. The van der Waals surface area contributed by atoms with Crippen LogP contribution >= 0.6 is 0 Å². The Morgan fingerprint density at radius 1 is 1.07 bits per heavy atom. The molecule has 0 unspecified atom stereocenters. The summed E-state index contributed by atoms with van der Waals surface area (Å²) in [4.78, 5) is 26.0. The van der Waals surface area contributed by atoms with E-state index in [-0.39, 0.29) is 18.1 Å². The summed E-state index contributed by atoms with van der Waals surface area (Å²) >= 11 is 0. The largest absolute Gasteiger partial charge is 0.484 e. The van der Waals surface area contributed by atoms with E-state index in [1.54, 1.807) is 17.0 Å². The molecule has 0 saturated carbocycles. The minimum Gasteiger partial charge on any atom is -0.484 e. The maximum atomic E-state index is 12.5. The number of likely N-dealkylation sites (N-methyl/N-ethyl adjacent to an activating group) is 1. The van der Waals surface area contributed by atoms with Crippen LogP contribution in [0, 0.1) is 0 Å². The average molecular weight is 365 g/mol. The number of aryl methyl sites for hydroxylation is 1. The van der Waals surface area contributed by atoms with Crippen molar-refractivity contribution < 1.29 is 13.9 Å². The fourth-order valence-electron chi connectivity index (χ4n) is 3.11. The SMILES string of the molecule is CCCc1cc(=O)oc2cc(OCC(=O)N(CC)c3ccccc3)ccc12. The van der Waals surface area contributed by atoms with E-state index in [2.05, 4.69) is 6.92 Å². The second-order valence-corrected chi connectivity index (χ2v) is 6.26. The van der Waals surface area contributed by atoms with Crippen LogP contribution in [-0.2, 0) is 11.2 Å². The number of rotatable bonds is 7. The average Bonchev–Trinajstić information content (AvgIpc) is 2.67. The molecule has 27 heavy (non-hydrogen) atoms. The van der Waals surface area contributed by atoms with E-state index in [9.17, 15) is 9.59 Å². The minimum atomic E-state index is -0.375. The lowest BCUT2D eigenvalue weighted by molar-refractivity contribution is -0.120. The van der Waals surface area contributed by atoms with Crippen molar-refractivity contribution in [2.45, 2.75) is 26.7 Å². The number of hydrogen-bond acceptors (Lipinski definition) is 4. The zero-order chi connectivity index (χ0) is 19.2. The second-order valence-electron chi connectivity index (χ2n) is 6.26. The van der Waals surface area contributed by atoms with Crippen molar-refractivity contribution in [2.24, 2.45) is 0 Å². The molecule has 0 spiro atoms. The maximum absolute atomic E-state index is 12.5. The van der Waals surface area contributed by atoms with E-state index in [4.69, 9.17) is 9.15 Å². The van der Waals surface area contributed by atoms with Crippen LogP contribution in [0.2, 0.25) is 0 Å². The summed E-state index contributed by atoms with van der Waals surface area (Å²) in [5, 5.41) is 0.898. The number of para-hydroxylation sites is 1. The van der Waals surface area contributed by atoms with Crippen LogP contribution in [-0.4, -0.2) is 19.1 Å². The summed E-state index contributed by atoms with van der Waals surface area (Å²) in [5.41, 5.74) is 1.90. The van der Waals surface area contributed by atoms with Crippen LogP contribution < -0.4 is 15.3 Å². The summed E-state index contributed by atoms with van der Waals surface area (Å²) in [6.45, 7) is 4.45. The first kappa shape index (κ1) is 18.7. The predicted molar refractivity (Wildman–Crippen MR) is 106 cm³/mol. The molecule has 1 aromatic heterocycles. The highest BCUT2D eigenvalue weighted by Crippen LogP contribution is 2.24. The van der Waals surface area contributed by atoms with Crippen LogP contribution in [0.3, 0.4) is 0 Å². The van der Waals surface area contributed by atoms with Gasteiger partial charge in [0.25, 0.3) is 5.91 Å². The summed E-state index contributed by atoms with van der Waals surface area (Å²) in [7, 11) is 0. The summed E-state index contributed by atoms with van der Waals surface area (Å²) in [6.07, 6.45) is 1.75. The van der Waals surface area contributed by atoms with Gasteiger partial charge in [-0.3, -0.25) is 4.79 Å². The molecule has 0 fully saturated rings. The Morgan fingerprint density at radius 2 is 1.85 bits per heavy atom. The molecule has 0 N–H and O–H groups in total. The first-order chi connectivity index (χ1) is 13.1. The van der Waals surface area contributed by atoms with Gasteiger partial charge in [0.1, 0.15) is 11.3 Å². The fraction of sp³-hybridized carbons (Fsp3) is 0.273. The lowest BCUT2D eigenvalue weighted by atomic mass is 10.1. The van der Waals surface area contributed by atoms with Crippen LogP contribution in [0.15, 0.2) is 63.8 Å². The Bertz CT molecular complexity index is 979. The zero-order valence-electron chi connectivity index (χ0n) is 15.6. The molecule has 0 bridgehead atoms. The molecule has 3 aromatic rings. The van der Waals surface area contributed by atoms with Gasteiger partial charge in [-0.2, -0.15) is 0 Å². The van der Waals surface area contributed by atoms with Gasteiger partial charge in [-0.25, -0.2) is 4.79 Å². The molecule has 0 atom stereocenters. The third-order valence-electron chi connectivity index (χ3n) is 4.37. The van der Waals surface area contributed by atoms with Crippen molar-refractivity contribution in [1.82, 2.24) is 0 Å². The van der Waals surface area contributed by atoms with Crippen molar-refractivity contribution in [3.05, 3.63) is 70.6 Å². The van der Waals surface area contributed by atoms with E-state index < -0.39 is 0 Å². The van der Waals surface area contributed by atoms with Gasteiger partial charge in [-0.15, -0.1) is 0 Å². The highest BCUT2D eigenvalue weighted by Gasteiger charge is 2.15. The van der Waals surface area contributed by atoms with E-state index in [1.165, 1.54) is 6.07 Å². The Labute approximate surface area is 158 Å². The molecule has 0 radical (unpaired) electrons. The van der Waals surface area contributed by atoms with Gasteiger partial charge < -0.3 is 14.1 Å². The van der Waals surface area contributed by atoms with Crippen LogP contribution in [0.1, 0.15) is 25.8 Å². The number of benzene rings is 2. The van der Waals surface area contributed by atoms with Crippen LogP contribution in [0.4, 0.5) is 5.69 Å². The van der Waals surface area contributed by atoms with Gasteiger partial charge in [0.15, 0.2) is 6.61 Å². The molecule has 5 nitrogen and oxygen atoms in total. The molecule has 1 amide bonds. The van der Waals surface area contributed by atoms with Gasteiger partial charge in [-0.05, 0) is 43.2 Å². The molecule has 0 aliphatic rings. The first-order valence-electron chi connectivity index (χ1n) is 9.17.